The number of hydrogen-bond acceptors (Lipinski definition) is 4. The summed E-state index contributed by atoms with van der Waals surface area (Å²) in [6.07, 6.45) is 2.35. The first kappa shape index (κ1) is 12.3. The van der Waals surface area contributed by atoms with E-state index in [1.165, 1.54) is 12.8 Å². The number of aliphatic imine (C=N–C) groups is 1. The Kier molecular flexibility index (Phi) is 2.65. The standard InChI is InChI=1S/C14H17N3O2S/c18-20(19)13-4-2-1-3-11(13)14(16-20)15-12-9-17-7-5-10(12)6-8-17/h1-4,10,12H,5-9H2,(H,15,16). The van der Waals surface area contributed by atoms with Crippen molar-refractivity contribution in [1.82, 2.24) is 9.62 Å². The molecule has 0 aromatic heterocycles. The summed E-state index contributed by atoms with van der Waals surface area (Å²) in [4.78, 5) is 7.51. The van der Waals surface area contributed by atoms with Crippen molar-refractivity contribution in [2.45, 2.75) is 23.8 Å². The lowest BCUT2D eigenvalue weighted by Crippen LogP contribution is -2.50. The van der Waals surface area contributed by atoms with Gasteiger partial charge in [0.2, 0.25) is 0 Å². The van der Waals surface area contributed by atoms with E-state index in [4.69, 9.17) is 4.99 Å². The van der Waals surface area contributed by atoms with E-state index >= 15 is 0 Å². The molecule has 3 saturated heterocycles. The highest BCUT2D eigenvalue weighted by atomic mass is 32.2. The normalized spacial score (nSPS) is 35.8. The summed E-state index contributed by atoms with van der Waals surface area (Å²) in [6, 6.07) is 7.29. The van der Waals surface area contributed by atoms with Crippen molar-refractivity contribution in [3.8, 4) is 0 Å². The molecular weight excluding hydrogens is 274 g/mol. The highest BCUT2D eigenvalue weighted by Crippen LogP contribution is 2.31. The van der Waals surface area contributed by atoms with E-state index in [9.17, 15) is 8.42 Å². The van der Waals surface area contributed by atoms with Crippen LogP contribution in [0.15, 0.2) is 34.2 Å². The summed E-state index contributed by atoms with van der Waals surface area (Å²) < 4.78 is 26.7. The molecule has 1 unspecified atom stereocenters. The third-order valence-corrected chi connectivity index (χ3v) is 5.98. The van der Waals surface area contributed by atoms with E-state index in [-0.39, 0.29) is 6.04 Å². The van der Waals surface area contributed by atoms with Crippen molar-refractivity contribution in [3.63, 3.8) is 0 Å². The Bertz CT molecular complexity index is 675. The number of rotatable bonds is 1. The van der Waals surface area contributed by atoms with Crippen molar-refractivity contribution < 1.29 is 8.42 Å². The Hall–Kier alpha value is -1.40. The lowest BCUT2D eigenvalue weighted by Gasteiger charge is -2.43. The van der Waals surface area contributed by atoms with Crippen LogP contribution in [0.4, 0.5) is 0 Å². The lowest BCUT2D eigenvalue weighted by atomic mass is 9.84. The number of benzene rings is 1. The molecule has 0 amide bonds. The maximum absolute atomic E-state index is 12.1. The zero-order valence-electron chi connectivity index (χ0n) is 11.1. The van der Waals surface area contributed by atoms with Crippen molar-refractivity contribution in [1.29, 1.82) is 0 Å². The summed E-state index contributed by atoms with van der Waals surface area (Å²) in [5, 5.41) is 0. The monoisotopic (exact) mass is 291 g/mol. The molecule has 106 valence electrons. The number of nitrogens with one attached hydrogen (secondary N) is 1. The number of piperidine rings is 3. The Morgan fingerprint density at radius 1 is 1.20 bits per heavy atom. The van der Waals surface area contributed by atoms with Gasteiger partial charge in [0.25, 0.3) is 10.0 Å². The molecule has 0 saturated carbocycles. The maximum Gasteiger partial charge on any atom is 0.263 e. The molecule has 1 N–H and O–H groups in total. The highest BCUT2D eigenvalue weighted by Gasteiger charge is 2.36. The molecule has 1 aromatic carbocycles. The molecule has 0 aliphatic carbocycles. The van der Waals surface area contributed by atoms with Crippen molar-refractivity contribution >= 4 is 15.9 Å². The molecule has 3 fully saturated rings. The predicted octanol–water partition coefficient (Wildman–Crippen LogP) is 0.819. The van der Waals surface area contributed by atoms with Gasteiger partial charge in [-0.1, -0.05) is 12.1 Å². The van der Waals surface area contributed by atoms with E-state index < -0.39 is 10.0 Å². The van der Waals surface area contributed by atoms with Crippen LogP contribution in [0.3, 0.4) is 0 Å². The summed E-state index contributed by atoms with van der Waals surface area (Å²) in [5.41, 5.74) is 0.712. The molecular formula is C14H17N3O2S. The van der Waals surface area contributed by atoms with Gasteiger partial charge in [-0.15, -0.1) is 0 Å². The van der Waals surface area contributed by atoms with Gasteiger partial charge in [0, 0.05) is 12.1 Å². The first-order valence-corrected chi connectivity index (χ1v) is 8.54. The molecule has 1 aromatic rings. The number of fused-ring (bicyclic) bond motifs is 4. The minimum atomic E-state index is -3.41. The van der Waals surface area contributed by atoms with Gasteiger partial charge in [0.1, 0.15) is 5.84 Å². The Labute approximate surface area is 118 Å². The van der Waals surface area contributed by atoms with Crippen LogP contribution < -0.4 is 4.72 Å². The number of hydrogen-bond donors (Lipinski definition) is 1. The zero-order valence-corrected chi connectivity index (χ0v) is 11.9. The van der Waals surface area contributed by atoms with Crippen LogP contribution in [-0.4, -0.2) is 44.8 Å². The first-order valence-electron chi connectivity index (χ1n) is 7.06. The molecule has 5 rings (SSSR count). The first-order chi connectivity index (χ1) is 9.63. The van der Waals surface area contributed by atoms with Gasteiger partial charge >= 0.3 is 0 Å². The van der Waals surface area contributed by atoms with E-state index in [1.54, 1.807) is 12.1 Å². The lowest BCUT2D eigenvalue weighted by molar-refractivity contribution is 0.0906. The van der Waals surface area contributed by atoms with Gasteiger partial charge in [0.05, 0.1) is 10.9 Å². The second-order valence-electron chi connectivity index (χ2n) is 5.78. The average Bonchev–Trinajstić information content (AvgIpc) is 2.72. The van der Waals surface area contributed by atoms with Crippen LogP contribution >= 0.6 is 0 Å². The molecule has 4 aliphatic rings. The molecule has 20 heavy (non-hydrogen) atoms. The molecule has 1 atom stereocenters. The number of sulfonamides is 1. The van der Waals surface area contributed by atoms with Gasteiger partial charge in [-0.25, -0.2) is 8.42 Å². The quantitative estimate of drug-likeness (QED) is 0.833. The van der Waals surface area contributed by atoms with Crippen LogP contribution in [0.1, 0.15) is 18.4 Å². The van der Waals surface area contributed by atoms with Crippen LogP contribution in [0.2, 0.25) is 0 Å². The third-order valence-electron chi connectivity index (χ3n) is 4.58. The maximum atomic E-state index is 12.1. The van der Waals surface area contributed by atoms with Gasteiger partial charge < -0.3 is 4.90 Å². The average molecular weight is 291 g/mol. The fourth-order valence-electron chi connectivity index (χ4n) is 3.48. The Morgan fingerprint density at radius 3 is 2.65 bits per heavy atom. The number of nitrogens with zero attached hydrogens (tertiary/aromatic N) is 2. The minimum absolute atomic E-state index is 0.223. The molecule has 0 spiro atoms. The van der Waals surface area contributed by atoms with Gasteiger partial charge in [0.15, 0.2) is 0 Å². The van der Waals surface area contributed by atoms with Gasteiger partial charge in [-0.3, -0.25) is 9.71 Å². The summed E-state index contributed by atoms with van der Waals surface area (Å²) in [5.74, 6) is 1.13. The molecule has 4 heterocycles. The highest BCUT2D eigenvalue weighted by molar-refractivity contribution is 7.90. The van der Waals surface area contributed by atoms with Crippen molar-refractivity contribution in [3.05, 3.63) is 29.8 Å². The van der Waals surface area contributed by atoms with Gasteiger partial charge in [-0.2, -0.15) is 0 Å². The fourth-order valence-corrected chi connectivity index (χ4v) is 4.71. The third kappa shape index (κ3) is 1.86. The van der Waals surface area contributed by atoms with E-state index in [2.05, 4.69) is 9.62 Å². The smallest absolute Gasteiger partial charge is 0.263 e. The minimum Gasteiger partial charge on any atom is -0.301 e. The van der Waals surface area contributed by atoms with Crippen LogP contribution in [-0.2, 0) is 10.0 Å². The zero-order chi connectivity index (χ0) is 13.7. The van der Waals surface area contributed by atoms with Crippen molar-refractivity contribution in [2.24, 2.45) is 10.9 Å². The fraction of sp³-hybridized carbons (Fsp3) is 0.500. The van der Waals surface area contributed by atoms with Gasteiger partial charge in [-0.05, 0) is 44.0 Å². The summed E-state index contributed by atoms with van der Waals surface area (Å²) in [7, 11) is -3.41. The van der Waals surface area contributed by atoms with E-state index in [1.807, 2.05) is 12.1 Å². The van der Waals surface area contributed by atoms with Crippen molar-refractivity contribution in [2.75, 3.05) is 19.6 Å². The predicted molar refractivity (Wildman–Crippen MR) is 76.3 cm³/mol. The largest absolute Gasteiger partial charge is 0.301 e. The topological polar surface area (TPSA) is 61.8 Å². The molecule has 6 heteroatoms. The SMILES string of the molecule is O=S1(=O)NC(=NC2CN3CCC2CC3)c2ccccc21. The molecule has 5 nitrogen and oxygen atoms in total. The van der Waals surface area contributed by atoms with Crippen LogP contribution in [0, 0.1) is 5.92 Å². The Morgan fingerprint density at radius 2 is 1.95 bits per heavy atom. The summed E-state index contributed by atoms with van der Waals surface area (Å²) >= 11 is 0. The van der Waals surface area contributed by atoms with Crippen LogP contribution in [0.5, 0.6) is 0 Å². The second kappa shape index (κ2) is 4.30. The second-order valence-corrected chi connectivity index (χ2v) is 7.44. The number of amidine groups is 1. The van der Waals surface area contributed by atoms with Crippen LogP contribution in [0.25, 0.3) is 0 Å². The summed E-state index contributed by atoms with van der Waals surface area (Å²) in [6.45, 7) is 3.28. The Balaban J connectivity index is 1.72. The molecule has 0 radical (unpaired) electrons. The van der Waals surface area contributed by atoms with E-state index in [0.717, 1.165) is 19.6 Å². The van der Waals surface area contributed by atoms with E-state index in [0.29, 0.717) is 22.2 Å². The molecule has 4 aliphatic heterocycles. The molecule has 2 bridgehead atoms.